The molecule has 5 heterocycles. The summed E-state index contributed by atoms with van der Waals surface area (Å²) in [7, 11) is 0. The van der Waals surface area contributed by atoms with Crippen molar-refractivity contribution in [2.75, 3.05) is 23.7 Å². The number of alkyl halides is 3. The molecule has 0 spiro atoms. The van der Waals surface area contributed by atoms with Gasteiger partial charge >= 0.3 is 6.18 Å². The normalized spacial score (nSPS) is 14.4. The van der Waals surface area contributed by atoms with E-state index in [4.69, 9.17) is 0 Å². The molecule has 2 N–H and O–H groups in total. The van der Waals surface area contributed by atoms with Crippen molar-refractivity contribution in [2.45, 2.75) is 57.9 Å². The van der Waals surface area contributed by atoms with Gasteiger partial charge in [-0.3, -0.25) is 4.90 Å². The van der Waals surface area contributed by atoms with Gasteiger partial charge in [0.1, 0.15) is 34.6 Å². The first-order chi connectivity index (χ1) is 22.6. The lowest BCUT2D eigenvalue weighted by Gasteiger charge is -2.33. The number of hydrogen-bond donors (Lipinski definition) is 2. The minimum Gasteiger partial charge on any atom is -0.367 e. The van der Waals surface area contributed by atoms with Crippen LogP contribution < -0.4 is 10.6 Å². The third-order valence-corrected chi connectivity index (χ3v) is 9.69. The summed E-state index contributed by atoms with van der Waals surface area (Å²) in [5, 5.41) is 18.2. The highest BCUT2D eigenvalue weighted by Gasteiger charge is 2.29. The van der Waals surface area contributed by atoms with E-state index in [0.29, 0.717) is 39.8 Å². The van der Waals surface area contributed by atoms with E-state index < -0.39 is 12.6 Å². The summed E-state index contributed by atoms with van der Waals surface area (Å²) >= 11 is 1.06. The van der Waals surface area contributed by atoms with E-state index in [1.807, 2.05) is 24.4 Å². The van der Waals surface area contributed by atoms with E-state index in [0.717, 1.165) is 66.7 Å². The molecule has 0 unspecified atom stereocenters. The summed E-state index contributed by atoms with van der Waals surface area (Å²) in [6, 6.07) is 14.3. The van der Waals surface area contributed by atoms with Crippen LogP contribution in [0.5, 0.6) is 0 Å². The van der Waals surface area contributed by atoms with Gasteiger partial charge < -0.3 is 15.2 Å². The van der Waals surface area contributed by atoms with Gasteiger partial charge in [-0.2, -0.15) is 18.4 Å². The second-order valence-electron chi connectivity index (χ2n) is 11.9. The fourth-order valence-corrected chi connectivity index (χ4v) is 7.13. The van der Waals surface area contributed by atoms with Gasteiger partial charge in [-0.15, -0.1) is 11.3 Å². The highest BCUT2D eigenvalue weighted by atomic mass is 32.1. The Morgan fingerprint density at radius 2 is 1.94 bits per heavy atom. The quantitative estimate of drug-likeness (QED) is 0.140. The van der Waals surface area contributed by atoms with Crippen molar-refractivity contribution < 1.29 is 13.2 Å². The molecule has 4 aromatic heterocycles. The van der Waals surface area contributed by atoms with Gasteiger partial charge in [-0.1, -0.05) is 25.3 Å². The lowest BCUT2D eigenvalue weighted by molar-refractivity contribution is -0.126. The molecule has 242 valence electrons. The Morgan fingerprint density at radius 1 is 1.13 bits per heavy atom. The number of aryl methyl sites for hydroxylation is 3. The molecule has 1 aromatic carbocycles. The third kappa shape index (κ3) is 7.48. The van der Waals surface area contributed by atoms with Crippen LogP contribution in [0, 0.1) is 18.3 Å². The van der Waals surface area contributed by atoms with Gasteiger partial charge in [0, 0.05) is 59.9 Å². The first-order valence-corrected chi connectivity index (χ1v) is 16.3. The SMILES string of the molecule is C=CC(=C)Nc1ccc(CCn2c(C#N)cc3c(C)c(CN4CCC(Nc5ncnc6sc(CC(F)(F)F)cc56)CC4)ccc32)cn1. The monoisotopic (exact) mass is 656 g/mol. The van der Waals surface area contributed by atoms with E-state index >= 15 is 0 Å². The largest absolute Gasteiger partial charge is 0.393 e. The maximum absolute atomic E-state index is 12.9. The Morgan fingerprint density at radius 3 is 2.64 bits per heavy atom. The summed E-state index contributed by atoms with van der Waals surface area (Å²) in [6.45, 7) is 12.9. The Bertz CT molecular complexity index is 1960. The van der Waals surface area contributed by atoms with Crippen molar-refractivity contribution in [3.05, 3.63) is 101 Å². The van der Waals surface area contributed by atoms with Crippen LogP contribution >= 0.6 is 11.3 Å². The zero-order chi connectivity index (χ0) is 33.1. The number of aromatic nitrogens is 4. The maximum Gasteiger partial charge on any atom is 0.393 e. The number of rotatable bonds is 11. The number of allylic oxidation sites excluding steroid dienone is 1. The van der Waals surface area contributed by atoms with Gasteiger partial charge in [0.15, 0.2) is 0 Å². The number of nitriles is 1. The number of halogens is 3. The first-order valence-electron chi connectivity index (χ1n) is 15.4. The lowest BCUT2D eigenvalue weighted by Crippen LogP contribution is -2.39. The minimum atomic E-state index is -4.26. The van der Waals surface area contributed by atoms with Crippen LogP contribution in [-0.2, 0) is 25.9 Å². The van der Waals surface area contributed by atoms with Gasteiger partial charge in [-0.05, 0) is 73.2 Å². The van der Waals surface area contributed by atoms with Gasteiger partial charge in [-0.25, -0.2) is 15.0 Å². The van der Waals surface area contributed by atoms with Crippen LogP contribution in [0.1, 0.15) is 40.1 Å². The molecule has 8 nitrogen and oxygen atoms in total. The maximum atomic E-state index is 12.9. The predicted molar refractivity (Wildman–Crippen MR) is 181 cm³/mol. The second-order valence-corrected chi connectivity index (χ2v) is 13.0. The van der Waals surface area contributed by atoms with E-state index in [1.54, 1.807) is 12.1 Å². The molecule has 0 aliphatic carbocycles. The Labute approximate surface area is 275 Å². The molecule has 6 rings (SSSR count). The highest BCUT2D eigenvalue weighted by Crippen LogP contribution is 2.33. The number of nitrogens with zero attached hydrogens (tertiary/aromatic N) is 6. The third-order valence-electron chi connectivity index (χ3n) is 8.64. The van der Waals surface area contributed by atoms with Crippen LogP contribution in [0.2, 0.25) is 0 Å². The fraction of sp³-hybridized carbons (Fsp3) is 0.314. The average molecular weight is 657 g/mol. The number of hydrogen-bond acceptors (Lipinski definition) is 8. The lowest BCUT2D eigenvalue weighted by atomic mass is 10.0. The number of nitrogens with one attached hydrogen (secondary N) is 2. The van der Waals surface area contributed by atoms with E-state index in [2.05, 4.69) is 73.3 Å². The average Bonchev–Trinajstić information content (AvgIpc) is 3.63. The summed E-state index contributed by atoms with van der Waals surface area (Å²) in [4.78, 5) is 16.2. The van der Waals surface area contributed by atoms with E-state index in [-0.39, 0.29) is 10.9 Å². The molecule has 1 aliphatic rings. The molecule has 0 saturated carbocycles. The molecular weight excluding hydrogens is 622 g/mol. The summed E-state index contributed by atoms with van der Waals surface area (Å²) in [6.07, 6.45) is 2.17. The van der Waals surface area contributed by atoms with Crippen molar-refractivity contribution in [3.8, 4) is 6.07 Å². The zero-order valence-corrected chi connectivity index (χ0v) is 26.9. The number of anilines is 2. The number of likely N-dealkylation sites (tertiary alicyclic amines) is 1. The van der Waals surface area contributed by atoms with Crippen molar-refractivity contribution in [1.29, 1.82) is 5.26 Å². The topological polar surface area (TPSA) is 94.7 Å². The number of fused-ring (bicyclic) bond motifs is 2. The molecular formula is C35H35F3N8S. The molecule has 1 aliphatic heterocycles. The van der Waals surface area contributed by atoms with Crippen molar-refractivity contribution >= 4 is 44.1 Å². The Balaban J connectivity index is 1.08. The van der Waals surface area contributed by atoms with Crippen molar-refractivity contribution in [1.82, 2.24) is 24.4 Å². The molecule has 12 heteroatoms. The van der Waals surface area contributed by atoms with Gasteiger partial charge in [0.2, 0.25) is 0 Å². The van der Waals surface area contributed by atoms with Crippen LogP contribution in [0.4, 0.5) is 24.8 Å². The smallest absolute Gasteiger partial charge is 0.367 e. The predicted octanol–water partition coefficient (Wildman–Crippen LogP) is 7.76. The highest BCUT2D eigenvalue weighted by molar-refractivity contribution is 7.18. The molecule has 5 aromatic rings. The fourth-order valence-electron chi connectivity index (χ4n) is 6.10. The number of thiophene rings is 1. The number of pyridine rings is 1. The van der Waals surface area contributed by atoms with Gasteiger partial charge in [0.05, 0.1) is 11.8 Å². The van der Waals surface area contributed by atoms with Crippen LogP contribution in [-0.4, -0.2) is 49.7 Å². The van der Waals surface area contributed by atoms with E-state index in [1.165, 1.54) is 17.5 Å². The van der Waals surface area contributed by atoms with Crippen LogP contribution in [0.15, 0.2) is 73.9 Å². The molecule has 0 radical (unpaired) electrons. The Kier molecular flexibility index (Phi) is 9.29. The van der Waals surface area contributed by atoms with E-state index in [9.17, 15) is 18.4 Å². The number of benzene rings is 1. The van der Waals surface area contributed by atoms with Crippen LogP contribution in [0.25, 0.3) is 21.1 Å². The molecule has 47 heavy (non-hydrogen) atoms. The Hall–Kier alpha value is -4.73. The first kappa shape index (κ1) is 32.2. The summed E-state index contributed by atoms with van der Waals surface area (Å²) < 4.78 is 40.9. The van der Waals surface area contributed by atoms with Crippen molar-refractivity contribution in [2.24, 2.45) is 0 Å². The molecule has 1 fully saturated rings. The standard InChI is InChI=1S/C35H35F3N8S/c1-4-22(2)43-32-8-5-24(19-40-32)9-14-46-27(18-39)15-29-23(3)25(6-7-31(29)46)20-45-12-10-26(11-13-45)44-33-30-16-28(17-35(36,37)38)47-34(30)42-21-41-33/h4-8,15-16,19,21,26H,1-2,9-14,17,20H2,3H3,(H,40,43)(H,41,42,44). The minimum absolute atomic E-state index is 0.167. The second kappa shape index (κ2) is 13.6. The van der Waals surface area contributed by atoms with Gasteiger partial charge in [0.25, 0.3) is 0 Å². The molecule has 1 saturated heterocycles. The summed E-state index contributed by atoms with van der Waals surface area (Å²) in [5.74, 6) is 1.30. The molecule has 0 bridgehead atoms. The molecule has 0 amide bonds. The van der Waals surface area contributed by atoms with Crippen LogP contribution in [0.3, 0.4) is 0 Å². The molecule has 0 atom stereocenters. The van der Waals surface area contributed by atoms with Crippen molar-refractivity contribution in [3.63, 3.8) is 0 Å². The number of piperidine rings is 1. The zero-order valence-electron chi connectivity index (χ0n) is 26.1. The summed E-state index contributed by atoms with van der Waals surface area (Å²) in [5.41, 5.74) is 5.84.